The molecule has 2 amide bonds. The molecule has 0 saturated carbocycles. The predicted molar refractivity (Wildman–Crippen MR) is 147 cm³/mol. The van der Waals surface area contributed by atoms with Crippen molar-refractivity contribution < 1.29 is 28.6 Å². The molecule has 0 bridgehead atoms. The fraction of sp³-hybridized carbons (Fsp3) is 0.667. The number of carbonyl (C=O) groups excluding carboxylic acids is 3. The molecule has 0 saturated heterocycles. The van der Waals surface area contributed by atoms with Gasteiger partial charge >= 0.3 is 236 Å². The maximum atomic E-state index is 13.5. The van der Waals surface area contributed by atoms with Crippen LogP contribution in [0, 0.1) is 0 Å². The van der Waals surface area contributed by atoms with Crippen molar-refractivity contribution in [3.05, 3.63) is 28.2 Å². The fourth-order valence-electron chi connectivity index (χ4n) is 3.06. The van der Waals surface area contributed by atoms with E-state index in [1.54, 1.807) is 62.3 Å². The summed E-state index contributed by atoms with van der Waals surface area (Å²) in [5.41, 5.74) is -1.71. The number of amides is 2. The van der Waals surface area contributed by atoms with Crippen LogP contribution < -0.4 is 3.58 Å². The summed E-state index contributed by atoms with van der Waals surface area (Å²) >= 11 is 2.44. The van der Waals surface area contributed by atoms with Crippen LogP contribution in [0.5, 0.6) is 0 Å². The van der Waals surface area contributed by atoms with Crippen molar-refractivity contribution in [3.63, 3.8) is 0 Å². The molecular formula is C27H42BrNO6Sn. The molecule has 0 aliphatic carbocycles. The number of rotatable bonds is 5. The Morgan fingerprint density at radius 3 is 1.64 bits per heavy atom. The Morgan fingerprint density at radius 1 is 0.806 bits per heavy atom. The summed E-state index contributed by atoms with van der Waals surface area (Å²) in [4.78, 5) is 41.0. The van der Waals surface area contributed by atoms with Crippen molar-refractivity contribution in [2.75, 3.05) is 0 Å². The molecule has 1 aromatic rings. The van der Waals surface area contributed by atoms with Crippen LogP contribution in [0.3, 0.4) is 0 Å². The minimum atomic E-state index is -1.27. The second-order valence-corrected chi connectivity index (χ2v) is 20.2. The van der Waals surface area contributed by atoms with Crippen LogP contribution in [-0.2, 0) is 25.4 Å². The molecule has 0 aliphatic heterocycles. The Bertz CT molecular complexity index is 923. The summed E-state index contributed by atoms with van der Waals surface area (Å²) in [6, 6.07) is 4.64. The van der Waals surface area contributed by atoms with E-state index in [2.05, 4.69) is 42.8 Å². The van der Waals surface area contributed by atoms with Crippen molar-refractivity contribution >= 4 is 58.8 Å². The van der Waals surface area contributed by atoms with Crippen molar-refractivity contribution in [1.29, 1.82) is 0 Å². The topological polar surface area (TPSA) is 82.1 Å². The second kappa shape index (κ2) is 12.0. The van der Waals surface area contributed by atoms with E-state index in [4.69, 9.17) is 14.2 Å². The number of imide groups is 1. The van der Waals surface area contributed by atoms with Crippen LogP contribution in [0.1, 0.15) is 88.6 Å². The van der Waals surface area contributed by atoms with E-state index < -0.39 is 62.1 Å². The zero-order chi connectivity index (χ0) is 28.3. The van der Waals surface area contributed by atoms with Gasteiger partial charge in [-0.05, 0) is 0 Å². The number of hydrogen-bond donors (Lipinski definition) is 0. The number of ether oxygens (including phenoxy) is 3. The molecule has 2 radical (unpaired) electrons. The van der Waals surface area contributed by atoms with Crippen LogP contribution in [0.25, 0.3) is 0 Å². The molecule has 7 nitrogen and oxygen atoms in total. The first-order valence-corrected chi connectivity index (χ1v) is 15.7. The third-order valence-corrected chi connectivity index (χ3v) is 8.90. The van der Waals surface area contributed by atoms with E-state index in [0.29, 0.717) is 0 Å². The Morgan fingerprint density at radius 2 is 1.25 bits per heavy atom. The van der Waals surface area contributed by atoms with Gasteiger partial charge in [-0.25, -0.2) is 0 Å². The molecule has 1 rings (SSSR count). The molecule has 36 heavy (non-hydrogen) atoms. The van der Waals surface area contributed by atoms with Crippen molar-refractivity contribution in [1.82, 2.24) is 4.90 Å². The Kier molecular flexibility index (Phi) is 11.0. The van der Waals surface area contributed by atoms with Gasteiger partial charge in [-0.2, -0.15) is 0 Å². The fourth-order valence-corrected chi connectivity index (χ4v) is 7.96. The first kappa shape index (κ1) is 32.7. The maximum absolute atomic E-state index is 13.5. The molecule has 9 heteroatoms. The van der Waals surface area contributed by atoms with Crippen molar-refractivity contribution in [3.8, 4) is 0 Å². The van der Waals surface area contributed by atoms with Crippen LogP contribution in [0.15, 0.2) is 22.7 Å². The van der Waals surface area contributed by atoms with Gasteiger partial charge < -0.3 is 0 Å². The van der Waals surface area contributed by atoms with Crippen molar-refractivity contribution in [2.45, 2.75) is 116 Å². The van der Waals surface area contributed by atoms with Crippen LogP contribution in [0.2, 0.25) is 3.43 Å². The summed E-state index contributed by atoms with van der Waals surface area (Å²) in [6.07, 6.45) is -1.82. The molecule has 0 fully saturated rings. The van der Waals surface area contributed by atoms with E-state index in [-0.39, 0.29) is 9.85 Å². The van der Waals surface area contributed by atoms with E-state index in [1.807, 2.05) is 12.1 Å². The molecule has 0 aromatic heterocycles. The average Bonchev–Trinajstić information content (AvgIpc) is 2.56. The zero-order valence-corrected chi connectivity index (χ0v) is 28.2. The standard InChI is InChI=1S/C23H33BrNO6.C4H9.Sn/c1-21(2,3)29-18(26)17(14-15-10-12-16(24)13-11-15)25(19(27)30-22(4,5)6)20(28)31-23(7,8)9;1-4(2)3;/h10,12-13,17H,14H2,1-9H3;1-3H3;. The third-order valence-electron chi connectivity index (χ3n) is 4.17. The Hall–Kier alpha value is -1.29. The summed E-state index contributed by atoms with van der Waals surface area (Å²) in [5, 5.41) is 0. The molecule has 0 N–H and O–H groups in total. The first-order chi connectivity index (χ1) is 16.0. The van der Waals surface area contributed by atoms with Crippen LogP contribution in [0.4, 0.5) is 9.59 Å². The van der Waals surface area contributed by atoms with Gasteiger partial charge in [0, 0.05) is 0 Å². The van der Waals surface area contributed by atoms with Gasteiger partial charge in [0.25, 0.3) is 0 Å². The monoisotopic (exact) mass is 675 g/mol. The van der Waals surface area contributed by atoms with Gasteiger partial charge in [-0.1, -0.05) is 0 Å². The Balaban J connectivity index is 3.68. The normalized spacial score (nSPS) is 13.6. The number of esters is 1. The summed E-state index contributed by atoms with van der Waals surface area (Å²) < 4.78 is 19.0. The van der Waals surface area contributed by atoms with Crippen LogP contribution >= 0.6 is 15.9 Å². The molecule has 0 heterocycles. The zero-order valence-electron chi connectivity index (χ0n) is 23.8. The summed E-state index contributed by atoms with van der Waals surface area (Å²) in [7, 11) is 0. The Labute approximate surface area is 235 Å². The van der Waals surface area contributed by atoms with E-state index in [0.717, 1.165) is 14.9 Å². The number of carbonyl (C=O) groups is 3. The number of benzene rings is 1. The first-order valence-electron chi connectivity index (χ1n) is 12.0. The van der Waals surface area contributed by atoms with E-state index >= 15 is 0 Å². The summed E-state index contributed by atoms with van der Waals surface area (Å²) in [5.74, 6) is -0.700. The van der Waals surface area contributed by atoms with Gasteiger partial charge in [-0.3, -0.25) is 0 Å². The van der Waals surface area contributed by atoms with E-state index in [9.17, 15) is 14.4 Å². The number of halogens is 1. The van der Waals surface area contributed by atoms with Gasteiger partial charge in [0.1, 0.15) is 0 Å². The van der Waals surface area contributed by atoms with Gasteiger partial charge in [-0.15, -0.1) is 0 Å². The molecule has 1 unspecified atom stereocenters. The molecular weight excluding hydrogens is 633 g/mol. The molecule has 1 atom stereocenters. The van der Waals surface area contributed by atoms with E-state index in [1.165, 1.54) is 3.58 Å². The van der Waals surface area contributed by atoms with Crippen molar-refractivity contribution in [2.24, 2.45) is 0 Å². The molecule has 1 aromatic carbocycles. The van der Waals surface area contributed by atoms with Crippen LogP contribution in [-0.4, -0.2) is 67.0 Å². The average molecular weight is 675 g/mol. The summed E-state index contributed by atoms with van der Waals surface area (Å²) in [6.45, 7) is 22.0. The van der Waals surface area contributed by atoms with Gasteiger partial charge in [0.2, 0.25) is 0 Å². The van der Waals surface area contributed by atoms with Gasteiger partial charge in [0.05, 0.1) is 0 Å². The SMILES string of the molecule is CC(C)(C)OC(=O)C(Cc1ccc(Br)c[c]1[Sn][C](C)(C)C)N(C(=O)OC(C)(C)C)C(=O)OC(C)(C)C. The second-order valence-electron chi connectivity index (χ2n) is 12.8. The molecule has 0 aliphatic rings. The molecule has 0 spiro atoms. The minimum absolute atomic E-state index is 0.0902. The number of hydrogen-bond acceptors (Lipinski definition) is 6. The van der Waals surface area contributed by atoms with Gasteiger partial charge in [0.15, 0.2) is 0 Å². The molecule has 202 valence electrons. The number of nitrogens with zero attached hydrogens (tertiary/aromatic N) is 1. The third kappa shape index (κ3) is 12.3. The quantitative estimate of drug-likeness (QED) is 0.204. The predicted octanol–water partition coefficient (Wildman–Crippen LogP) is 6.42.